The van der Waals surface area contributed by atoms with Gasteiger partial charge in [-0.05, 0) is 54.3 Å². The number of likely N-dealkylation sites (N-methyl/N-ethyl adjacent to an activating group) is 1. The molecule has 0 radical (unpaired) electrons. The Morgan fingerprint density at radius 2 is 1.79 bits per heavy atom. The van der Waals surface area contributed by atoms with E-state index >= 15 is 0 Å². The molecule has 2 heterocycles. The van der Waals surface area contributed by atoms with Gasteiger partial charge in [0.05, 0.1) is 19.9 Å². The van der Waals surface area contributed by atoms with Crippen molar-refractivity contribution in [3.05, 3.63) is 95.4 Å². The molecule has 0 bridgehead atoms. The van der Waals surface area contributed by atoms with Crippen molar-refractivity contribution in [2.24, 2.45) is 0 Å². The van der Waals surface area contributed by atoms with Crippen molar-refractivity contribution in [3.63, 3.8) is 0 Å². The zero-order valence-electron chi connectivity index (χ0n) is 20.2. The molecule has 6 heteroatoms. The summed E-state index contributed by atoms with van der Waals surface area (Å²) in [6.45, 7) is 2.67. The van der Waals surface area contributed by atoms with Gasteiger partial charge in [0.2, 0.25) is 5.91 Å². The van der Waals surface area contributed by atoms with Crippen LogP contribution < -0.4 is 9.47 Å². The third-order valence-corrected chi connectivity index (χ3v) is 6.24. The van der Waals surface area contributed by atoms with Crippen molar-refractivity contribution in [2.75, 3.05) is 27.8 Å². The molecule has 0 fully saturated rings. The van der Waals surface area contributed by atoms with Gasteiger partial charge in [-0.15, -0.1) is 0 Å². The molecule has 4 aromatic rings. The molecule has 1 unspecified atom stereocenters. The molecule has 0 saturated carbocycles. The molecule has 4 rings (SSSR count). The minimum atomic E-state index is -0.0880. The number of nitrogens with zero attached hydrogens (tertiary/aromatic N) is 3. The van der Waals surface area contributed by atoms with E-state index in [4.69, 9.17) is 9.47 Å². The second kappa shape index (κ2) is 10.4. The second-order valence-electron chi connectivity index (χ2n) is 8.54. The Hall–Kier alpha value is -3.80. The van der Waals surface area contributed by atoms with Crippen LogP contribution in [0.3, 0.4) is 0 Å². The van der Waals surface area contributed by atoms with Crippen LogP contribution in [0.1, 0.15) is 34.7 Å². The van der Waals surface area contributed by atoms with Gasteiger partial charge in [-0.1, -0.05) is 36.4 Å². The molecule has 0 aliphatic carbocycles. The monoisotopic (exact) mass is 457 g/mol. The lowest BCUT2D eigenvalue weighted by Crippen LogP contribution is -2.30. The van der Waals surface area contributed by atoms with Crippen LogP contribution in [-0.4, -0.2) is 48.0 Å². The van der Waals surface area contributed by atoms with Gasteiger partial charge in [-0.3, -0.25) is 4.79 Å². The van der Waals surface area contributed by atoms with Crippen molar-refractivity contribution < 1.29 is 14.3 Å². The van der Waals surface area contributed by atoms with E-state index in [1.54, 1.807) is 19.1 Å². The van der Waals surface area contributed by atoms with E-state index in [0.717, 1.165) is 34.5 Å². The Bertz CT molecular complexity index is 1270. The summed E-state index contributed by atoms with van der Waals surface area (Å²) in [5.74, 6) is 1.40. The largest absolute Gasteiger partial charge is 0.493 e. The van der Waals surface area contributed by atoms with Gasteiger partial charge in [0, 0.05) is 38.3 Å². The zero-order valence-corrected chi connectivity index (χ0v) is 20.2. The third kappa shape index (κ3) is 5.06. The van der Waals surface area contributed by atoms with Gasteiger partial charge in [0.15, 0.2) is 11.5 Å². The Morgan fingerprint density at radius 1 is 1.03 bits per heavy atom. The van der Waals surface area contributed by atoms with Gasteiger partial charge < -0.3 is 18.8 Å². The van der Waals surface area contributed by atoms with Gasteiger partial charge in [-0.25, -0.2) is 4.98 Å². The first-order valence-electron chi connectivity index (χ1n) is 11.4. The Labute approximate surface area is 200 Å². The predicted octanol–water partition coefficient (Wildman–Crippen LogP) is 4.88. The number of carbonyl (C=O) groups is 1. The number of aryl methyl sites for hydroxylation is 1. The smallest absolute Gasteiger partial charge is 0.223 e. The second-order valence-corrected chi connectivity index (χ2v) is 8.54. The van der Waals surface area contributed by atoms with Crippen LogP contribution in [0.5, 0.6) is 11.5 Å². The van der Waals surface area contributed by atoms with Gasteiger partial charge in [0.25, 0.3) is 0 Å². The standard InChI is InChI=1S/C28H31N3O3/c1-20-12-15-31-24(19-29-27(31)16-20)23(22-8-6-5-7-9-22)18-28(32)30(2)14-13-21-10-11-25(33-3)26(17-21)34-4/h5-12,15-17,19,23H,13-14,18H2,1-4H3. The predicted molar refractivity (Wildman–Crippen MR) is 134 cm³/mol. The van der Waals surface area contributed by atoms with E-state index in [2.05, 4.69) is 40.6 Å². The Balaban J connectivity index is 1.52. The molecule has 2 aromatic carbocycles. The number of methoxy groups -OCH3 is 2. The van der Waals surface area contributed by atoms with Crippen LogP contribution in [0.2, 0.25) is 0 Å². The van der Waals surface area contributed by atoms with E-state index in [-0.39, 0.29) is 11.8 Å². The first-order chi connectivity index (χ1) is 16.5. The van der Waals surface area contributed by atoms with Crippen molar-refractivity contribution in [1.82, 2.24) is 14.3 Å². The number of carbonyl (C=O) groups excluding carboxylic acids is 1. The average Bonchev–Trinajstić information content (AvgIpc) is 3.28. The normalized spacial score (nSPS) is 11.9. The Morgan fingerprint density at radius 3 is 2.53 bits per heavy atom. The summed E-state index contributed by atoms with van der Waals surface area (Å²) in [5.41, 5.74) is 5.26. The molecule has 0 N–H and O–H groups in total. The highest BCUT2D eigenvalue weighted by atomic mass is 16.5. The highest BCUT2D eigenvalue weighted by molar-refractivity contribution is 5.77. The summed E-state index contributed by atoms with van der Waals surface area (Å²) >= 11 is 0. The first-order valence-corrected chi connectivity index (χ1v) is 11.4. The topological polar surface area (TPSA) is 56.1 Å². The maximum atomic E-state index is 13.3. The van der Waals surface area contributed by atoms with Crippen molar-refractivity contribution in [1.29, 1.82) is 0 Å². The van der Waals surface area contributed by atoms with Crippen molar-refractivity contribution >= 4 is 11.6 Å². The van der Waals surface area contributed by atoms with E-state index < -0.39 is 0 Å². The zero-order chi connectivity index (χ0) is 24.1. The molecule has 34 heavy (non-hydrogen) atoms. The lowest BCUT2D eigenvalue weighted by Gasteiger charge is -2.22. The van der Waals surface area contributed by atoms with Crippen LogP contribution >= 0.6 is 0 Å². The fourth-order valence-electron chi connectivity index (χ4n) is 4.23. The fraction of sp³-hybridized carbons (Fsp3) is 0.286. The fourth-order valence-corrected chi connectivity index (χ4v) is 4.23. The number of hydrogen-bond acceptors (Lipinski definition) is 4. The highest BCUT2D eigenvalue weighted by Crippen LogP contribution is 2.30. The number of rotatable bonds is 9. The van der Waals surface area contributed by atoms with Crippen LogP contribution in [-0.2, 0) is 11.2 Å². The number of aromatic nitrogens is 2. The number of benzene rings is 2. The molecule has 0 aliphatic rings. The SMILES string of the molecule is COc1ccc(CCN(C)C(=O)CC(c2ccccc2)c2cnc3cc(C)ccn23)cc1OC. The van der Waals surface area contributed by atoms with Crippen LogP contribution in [0.15, 0.2) is 73.1 Å². The minimum absolute atomic E-state index is 0.0880. The molecule has 1 atom stereocenters. The number of fused-ring (bicyclic) bond motifs is 1. The average molecular weight is 458 g/mol. The molecule has 1 amide bonds. The molecular weight excluding hydrogens is 426 g/mol. The highest BCUT2D eigenvalue weighted by Gasteiger charge is 2.23. The number of imidazole rings is 1. The number of hydrogen-bond donors (Lipinski definition) is 0. The quantitative estimate of drug-likeness (QED) is 0.359. The summed E-state index contributed by atoms with van der Waals surface area (Å²) in [4.78, 5) is 19.7. The lowest BCUT2D eigenvalue weighted by atomic mass is 9.92. The molecule has 0 spiro atoms. The number of amides is 1. The van der Waals surface area contributed by atoms with Gasteiger partial charge >= 0.3 is 0 Å². The van der Waals surface area contributed by atoms with E-state index in [9.17, 15) is 4.79 Å². The van der Waals surface area contributed by atoms with E-state index in [0.29, 0.717) is 24.5 Å². The minimum Gasteiger partial charge on any atom is -0.493 e. The molecule has 0 saturated heterocycles. The number of ether oxygens (including phenoxy) is 2. The summed E-state index contributed by atoms with van der Waals surface area (Å²) < 4.78 is 12.8. The molecule has 6 nitrogen and oxygen atoms in total. The van der Waals surface area contributed by atoms with E-state index in [1.165, 1.54) is 0 Å². The van der Waals surface area contributed by atoms with Gasteiger partial charge in [-0.2, -0.15) is 0 Å². The lowest BCUT2D eigenvalue weighted by molar-refractivity contribution is -0.130. The summed E-state index contributed by atoms with van der Waals surface area (Å²) in [5, 5.41) is 0. The van der Waals surface area contributed by atoms with Gasteiger partial charge in [0.1, 0.15) is 5.65 Å². The maximum absolute atomic E-state index is 13.3. The van der Waals surface area contributed by atoms with Crippen molar-refractivity contribution in [3.8, 4) is 11.5 Å². The third-order valence-electron chi connectivity index (χ3n) is 6.24. The van der Waals surface area contributed by atoms with Crippen molar-refractivity contribution in [2.45, 2.75) is 25.7 Å². The van der Waals surface area contributed by atoms with Crippen LogP contribution in [0.4, 0.5) is 0 Å². The molecular formula is C28H31N3O3. The number of pyridine rings is 1. The first kappa shape index (κ1) is 23.4. The summed E-state index contributed by atoms with van der Waals surface area (Å²) in [7, 11) is 5.11. The Kier molecular flexibility index (Phi) is 7.16. The van der Waals surface area contributed by atoms with Crippen LogP contribution in [0.25, 0.3) is 5.65 Å². The molecule has 0 aliphatic heterocycles. The maximum Gasteiger partial charge on any atom is 0.223 e. The van der Waals surface area contributed by atoms with Crippen LogP contribution in [0, 0.1) is 6.92 Å². The molecule has 176 valence electrons. The summed E-state index contributed by atoms with van der Waals surface area (Å²) in [6.07, 6.45) is 5.03. The molecule has 2 aromatic heterocycles. The summed E-state index contributed by atoms with van der Waals surface area (Å²) in [6, 6.07) is 20.2. The van der Waals surface area contributed by atoms with E-state index in [1.807, 2.05) is 55.8 Å².